The van der Waals surface area contributed by atoms with Crippen LogP contribution in [0.5, 0.6) is 0 Å². The highest BCUT2D eigenvalue weighted by Crippen LogP contribution is 2.64. The molecule has 0 aliphatic rings. The average molecular weight is 304 g/mol. The molecular formula is C17H21OPS. The zero-order valence-corrected chi connectivity index (χ0v) is 13.7. The highest BCUT2D eigenvalue weighted by Gasteiger charge is 2.26. The molecule has 0 saturated carbocycles. The fraction of sp³-hybridized carbons (Fsp3) is 0.294. The Morgan fingerprint density at radius 1 is 0.850 bits per heavy atom. The summed E-state index contributed by atoms with van der Waals surface area (Å²) in [4.78, 5) is 0. The molecule has 0 amide bonds. The molecule has 0 aromatic heterocycles. The molecule has 0 heterocycles. The van der Waals surface area contributed by atoms with Crippen molar-refractivity contribution in [2.24, 2.45) is 0 Å². The van der Waals surface area contributed by atoms with E-state index in [2.05, 4.69) is 48.5 Å². The standard InChI is InChI=1S/C17H21OPS/c1-3-19(18,4-2)20-17(15-11-7-5-8-12-15)16-13-9-6-10-14-16/h5-14,17H,3-4H2,1-2H3. The van der Waals surface area contributed by atoms with E-state index >= 15 is 0 Å². The lowest BCUT2D eigenvalue weighted by Crippen LogP contribution is -1.98. The highest BCUT2D eigenvalue weighted by atomic mass is 32.7. The first-order valence-corrected chi connectivity index (χ1v) is 10.6. The van der Waals surface area contributed by atoms with E-state index in [0.29, 0.717) is 0 Å². The summed E-state index contributed by atoms with van der Waals surface area (Å²) in [6.45, 7) is 4.06. The van der Waals surface area contributed by atoms with Crippen molar-refractivity contribution in [2.75, 3.05) is 12.3 Å². The molecule has 20 heavy (non-hydrogen) atoms. The summed E-state index contributed by atoms with van der Waals surface area (Å²) in [6.07, 6.45) is -0.643. The van der Waals surface area contributed by atoms with Gasteiger partial charge in [-0.2, -0.15) is 0 Å². The maximum Gasteiger partial charge on any atom is 0.139 e. The van der Waals surface area contributed by atoms with Gasteiger partial charge in [-0.15, -0.1) is 0 Å². The Bertz CT molecular complexity index is 521. The molecule has 3 heteroatoms. The van der Waals surface area contributed by atoms with Gasteiger partial charge in [-0.25, -0.2) is 0 Å². The summed E-state index contributed by atoms with van der Waals surface area (Å²) in [5, 5.41) is 0.156. The van der Waals surface area contributed by atoms with Crippen molar-refractivity contribution in [3.8, 4) is 0 Å². The average Bonchev–Trinajstić information content (AvgIpc) is 2.54. The van der Waals surface area contributed by atoms with E-state index in [1.807, 2.05) is 26.0 Å². The summed E-state index contributed by atoms with van der Waals surface area (Å²) >= 11 is 1.65. The van der Waals surface area contributed by atoms with Gasteiger partial charge < -0.3 is 4.57 Å². The van der Waals surface area contributed by atoms with E-state index < -0.39 is 6.34 Å². The predicted octanol–water partition coefficient (Wildman–Crippen LogP) is 5.83. The van der Waals surface area contributed by atoms with Gasteiger partial charge in [0, 0.05) is 12.3 Å². The molecule has 0 unspecified atom stereocenters. The van der Waals surface area contributed by atoms with Gasteiger partial charge >= 0.3 is 0 Å². The molecule has 0 aliphatic heterocycles. The summed E-state index contributed by atoms with van der Waals surface area (Å²) in [6, 6.07) is 20.7. The summed E-state index contributed by atoms with van der Waals surface area (Å²) in [5.74, 6) is 0. The molecule has 2 rings (SSSR count). The molecule has 0 N–H and O–H groups in total. The van der Waals surface area contributed by atoms with Crippen LogP contribution in [0.3, 0.4) is 0 Å². The van der Waals surface area contributed by atoms with E-state index in [1.165, 1.54) is 11.1 Å². The lowest BCUT2D eigenvalue weighted by atomic mass is 10.0. The Morgan fingerprint density at radius 3 is 1.60 bits per heavy atom. The molecule has 0 spiro atoms. The van der Waals surface area contributed by atoms with Crippen molar-refractivity contribution < 1.29 is 4.57 Å². The Hall–Kier alpha value is -0.980. The maximum absolute atomic E-state index is 12.9. The molecule has 0 fully saturated rings. The minimum atomic E-state index is -2.15. The van der Waals surface area contributed by atoms with E-state index in [9.17, 15) is 4.57 Å². The maximum atomic E-state index is 12.9. The van der Waals surface area contributed by atoms with Crippen molar-refractivity contribution in [3.05, 3.63) is 71.8 Å². The van der Waals surface area contributed by atoms with E-state index in [4.69, 9.17) is 0 Å². The van der Waals surface area contributed by atoms with Crippen molar-refractivity contribution in [1.82, 2.24) is 0 Å². The normalized spacial score (nSPS) is 11.8. The molecule has 0 radical (unpaired) electrons. The van der Waals surface area contributed by atoms with Crippen LogP contribution in [0.25, 0.3) is 0 Å². The van der Waals surface area contributed by atoms with Crippen LogP contribution < -0.4 is 0 Å². The molecule has 0 saturated heterocycles. The van der Waals surface area contributed by atoms with Gasteiger partial charge in [0.15, 0.2) is 0 Å². The van der Waals surface area contributed by atoms with Crippen molar-refractivity contribution in [3.63, 3.8) is 0 Å². The molecule has 0 bridgehead atoms. The molecule has 0 atom stereocenters. The third-order valence-electron chi connectivity index (χ3n) is 3.47. The van der Waals surface area contributed by atoms with Crippen LogP contribution in [0, 0.1) is 0 Å². The predicted molar refractivity (Wildman–Crippen MR) is 91.0 cm³/mol. The van der Waals surface area contributed by atoms with E-state index in [0.717, 1.165) is 12.3 Å². The van der Waals surface area contributed by atoms with Gasteiger partial charge in [0.25, 0.3) is 0 Å². The van der Waals surface area contributed by atoms with Gasteiger partial charge in [-0.1, -0.05) is 85.9 Å². The Kier molecular flexibility index (Phi) is 5.51. The molecule has 2 aromatic carbocycles. The number of rotatable bonds is 6. The fourth-order valence-electron chi connectivity index (χ4n) is 2.13. The van der Waals surface area contributed by atoms with Gasteiger partial charge in [0.2, 0.25) is 0 Å². The SMILES string of the molecule is CCP(=O)(CC)SC(c1ccccc1)c1ccccc1. The summed E-state index contributed by atoms with van der Waals surface area (Å²) in [7, 11) is 0. The van der Waals surface area contributed by atoms with Gasteiger partial charge in [-0.05, 0) is 11.1 Å². The highest BCUT2D eigenvalue weighted by molar-refractivity contribution is 8.58. The lowest BCUT2D eigenvalue weighted by Gasteiger charge is -2.23. The minimum absolute atomic E-state index is 0.156. The zero-order valence-electron chi connectivity index (χ0n) is 12.0. The Labute approximate surface area is 125 Å². The quantitative estimate of drug-likeness (QED) is 0.625. The first kappa shape index (κ1) is 15.4. The minimum Gasteiger partial charge on any atom is -0.312 e. The molecular weight excluding hydrogens is 283 g/mol. The summed E-state index contributed by atoms with van der Waals surface area (Å²) < 4.78 is 12.9. The topological polar surface area (TPSA) is 17.1 Å². The molecule has 1 nitrogen and oxygen atoms in total. The van der Waals surface area contributed by atoms with Crippen molar-refractivity contribution in [1.29, 1.82) is 0 Å². The van der Waals surface area contributed by atoms with Crippen molar-refractivity contribution >= 4 is 17.7 Å². The number of hydrogen-bond donors (Lipinski definition) is 0. The summed E-state index contributed by atoms with van der Waals surface area (Å²) in [5.41, 5.74) is 2.46. The fourth-order valence-corrected chi connectivity index (χ4v) is 6.60. The van der Waals surface area contributed by atoms with Crippen LogP contribution in [0.4, 0.5) is 0 Å². The van der Waals surface area contributed by atoms with Gasteiger partial charge in [0.05, 0.1) is 5.25 Å². The smallest absolute Gasteiger partial charge is 0.139 e. The Morgan fingerprint density at radius 2 is 1.25 bits per heavy atom. The largest absolute Gasteiger partial charge is 0.312 e. The van der Waals surface area contributed by atoms with Crippen molar-refractivity contribution in [2.45, 2.75) is 19.1 Å². The van der Waals surface area contributed by atoms with Gasteiger partial charge in [0.1, 0.15) is 6.34 Å². The monoisotopic (exact) mass is 304 g/mol. The number of hydrogen-bond acceptors (Lipinski definition) is 2. The Balaban J connectivity index is 2.38. The lowest BCUT2D eigenvalue weighted by molar-refractivity contribution is 0.586. The van der Waals surface area contributed by atoms with E-state index in [1.54, 1.807) is 11.4 Å². The van der Waals surface area contributed by atoms with Crippen LogP contribution in [0.1, 0.15) is 30.2 Å². The second-order valence-corrected chi connectivity index (χ2v) is 11.0. The molecule has 0 aliphatic carbocycles. The van der Waals surface area contributed by atoms with Crippen LogP contribution in [-0.2, 0) is 4.57 Å². The second kappa shape index (κ2) is 7.15. The first-order chi connectivity index (χ1) is 9.68. The second-order valence-electron chi connectivity index (χ2n) is 4.75. The molecule has 106 valence electrons. The first-order valence-electron chi connectivity index (χ1n) is 7.05. The van der Waals surface area contributed by atoms with Crippen LogP contribution >= 0.6 is 17.7 Å². The zero-order chi connectivity index (χ0) is 14.4. The third kappa shape index (κ3) is 3.77. The van der Waals surface area contributed by atoms with Gasteiger partial charge in [-0.3, -0.25) is 0 Å². The van der Waals surface area contributed by atoms with Crippen LogP contribution in [0.15, 0.2) is 60.7 Å². The van der Waals surface area contributed by atoms with Crippen LogP contribution in [0.2, 0.25) is 0 Å². The van der Waals surface area contributed by atoms with E-state index in [-0.39, 0.29) is 5.25 Å². The number of benzene rings is 2. The third-order valence-corrected chi connectivity index (χ3v) is 9.87. The van der Waals surface area contributed by atoms with Crippen LogP contribution in [-0.4, -0.2) is 12.3 Å². The molecule has 2 aromatic rings.